The molecule has 2 aliphatic carbocycles. The summed E-state index contributed by atoms with van der Waals surface area (Å²) in [6.45, 7) is 2.12. The van der Waals surface area contributed by atoms with E-state index in [2.05, 4.69) is 0 Å². The molecule has 0 radical (unpaired) electrons. The van der Waals surface area contributed by atoms with Crippen molar-refractivity contribution in [1.82, 2.24) is 0 Å². The zero-order valence-corrected chi connectivity index (χ0v) is 14.1. The van der Waals surface area contributed by atoms with Gasteiger partial charge >= 0.3 is 5.97 Å². The van der Waals surface area contributed by atoms with Gasteiger partial charge in [-0.05, 0) is 32.6 Å². The molecule has 2 unspecified atom stereocenters. The van der Waals surface area contributed by atoms with Crippen LogP contribution in [-0.4, -0.2) is 29.9 Å². The molecule has 2 rings (SSSR count). The molecule has 0 aromatic heterocycles. The summed E-state index contributed by atoms with van der Waals surface area (Å²) in [5, 5.41) is 0. The molecule has 0 amide bonds. The number of rotatable bonds is 9. The van der Waals surface area contributed by atoms with Crippen LogP contribution in [0.2, 0.25) is 0 Å². The van der Waals surface area contributed by atoms with E-state index in [0.29, 0.717) is 50.7 Å². The Bertz CT molecular complexity index is 585. The van der Waals surface area contributed by atoms with Crippen molar-refractivity contribution in [2.24, 2.45) is 11.8 Å². The van der Waals surface area contributed by atoms with Crippen LogP contribution in [0.4, 0.5) is 0 Å². The minimum absolute atomic E-state index is 0.00608. The van der Waals surface area contributed by atoms with Gasteiger partial charge in [0.25, 0.3) is 0 Å². The summed E-state index contributed by atoms with van der Waals surface area (Å²) < 4.78 is 4.84. The van der Waals surface area contributed by atoms with Crippen molar-refractivity contribution in [3.05, 3.63) is 23.8 Å². The van der Waals surface area contributed by atoms with E-state index >= 15 is 0 Å². The van der Waals surface area contributed by atoms with Crippen LogP contribution in [0.15, 0.2) is 23.8 Å². The van der Waals surface area contributed by atoms with Crippen LogP contribution in [0.5, 0.6) is 0 Å². The van der Waals surface area contributed by atoms with E-state index in [4.69, 9.17) is 4.74 Å². The molecular weight excluding hydrogens is 308 g/mol. The van der Waals surface area contributed by atoms with Crippen molar-refractivity contribution in [2.45, 2.75) is 51.9 Å². The first-order valence-corrected chi connectivity index (χ1v) is 8.68. The summed E-state index contributed by atoms with van der Waals surface area (Å²) in [7, 11) is 0. The molecule has 0 aliphatic heterocycles. The predicted octanol–water partition coefficient (Wildman–Crippen LogP) is 2.73. The number of carbonyl (C=O) groups excluding carboxylic acids is 4. The van der Waals surface area contributed by atoms with Gasteiger partial charge in [0.15, 0.2) is 5.78 Å². The number of hydrogen-bond acceptors (Lipinski definition) is 5. The molecule has 0 saturated heterocycles. The number of unbranched alkanes of at least 4 members (excludes halogenated alkanes) is 1. The van der Waals surface area contributed by atoms with Crippen LogP contribution in [0.3, 0.4) is 0 Å². The lowest BCUT2D eigenvalue weighted by Gasteiger charge is -2.15. The van der Waals surface area contributed by atoms with E-state index in [1.54, 1.807) is 25.2 Å². The van der Waals surface area contributed by atoms with Gasteiger partial charge in [-0.15, -0.1) is 0 Å². The minimum Gasteiger partial charge on any atom is -0.466 e. The molecule has 24 heavy (non-hydrogen) atoms. The third kappa shape index (κ3) is 4.49. The predicted molar refractivity (Wildman–Crippen MR) is 88.2 cm³/mol. The zero-order chi connectivity index (χ0) is 17.5. The second-order valence-electron chi connectivity index (χ2n) is 6.24. The quantitative estimate of drug-likeness (QED) is 0.368. The van der Waals surface area contributed by atoms with Crippen LogP contribution in [-0.2, 0) is 23.9 Å². The summed E-state index contributed by atoms with van der Waals surface area (Å²) in [4.78, 5) is 47.9. The first-order chi connectivity index (χ1) is 11.5. The monoisotopic (exact) mass is 332 g/mol. The van der Waals surface area contributed by atoms with Gasteiger partial charge < -0.3 is 4.74 Å². The van der Waals surface area contributed by atoms with Crippen molar-refractivity contribution in [3.8, 4) is 0 Å². The van der Waals surface area contributed by atoms with Gasteiger partial charge in [0.05, 0.1) is 18.4 Å². The van der Waals surface area contributed by atoms with Crippen molar-refractivity contribution in [1.29, 1.82) is 0 Å². The molecule has 2 atom stereocenters. The molecule has 0 spiro atoms. The van der Waals surface area contributed by atoms with E-state index in [9.17, 15) is 19.2 Å². The fraction of sp³-hybridized carbons (Fsp3) is 0.579. The lowest BCUT2D eigenvalue weighted by Crippen LogP contribution is -2.26. The topological polar surface area (TPSA) is 77.5 Å². The largest absolute Gasteiger partial charge is 0.466 e. The fourth-order valence-electron chi connectivity index (χ4n) is 3.25. The summed E-state index contributed by atoms with van der Waals surface area (Å²) in [6.07, 6.45) is 8.71. The Labute approximate surface area is 142 Å². The maximum atomic E-state index is 12.5. The first-order valence-electron chi connectivity index (χ1n) is 8.68. The van der Waals surface area contributed by atoms with Gasteiger partial charge in [-0.1, -0.05) is 18.2 Å². The van der Waals surface area contributed by atoms with Crippen LogP contribution < -0.4 is 0 Å². The van der Waals surface area contributed by atoms with E-state index in [1.165, 1.54) is 0 Å². The summed E-state index contributed by atoms with van der Waals surface area (Å²) in [5.41, 5.74) is 0.450. The Balaban J connectivity index is 1.82. The van der Waals surface area contributed by atoms with Gasteiger partial charge in [0, 0.05) is 24.8 Å². The van der Waals surface area contributed by atoms with E-state index in [0.717, 1.165) is 6.42 Å². The average molecular weight is 332 g/mol. The molecule has 1 saturated carbocycles. The van der Waals surface area contributed by atoms with Crippen molar-refractivity contribution in [3.63, 3.8) is 0 Å². The Morgan fingerprint density at radius 3 is 2.62 bits per heavy atom. The third-order valence-corrected chi connectivity index (χ3v) is 4.53. The normalized spacial score (nSPS) is 22.5. The smallest absolute Gasteiger partial charge is 0.305 e. The minimum atomic E-state index is -0.560. The van der Waals surface area contributed by atoms with Crippen molar-refractivity contribution in [2.75, 3.05) is 6.61 Å². The van der Waals surface area contributed by atoms with Crippen LogP contribution in [0.1, 0.15) is 51.9 Å². The number of allylic oxidation sites excluding steroid dienone is 4. The second kappa shape index (κ2) is 8.71. The molecule has 5 heteroatoms. The standard InChI is InChI=1S/C19H24O5/c1-2-24-18(22)12-4-3-10-16(20)13-7-5-8-14(13)19(23)15-9-6-11-17(15)21/h5,7-8,13,15H,2-4,6,9-12H2,1H3. The molecule has 1 fully saturated rings. The van der Waals surface area contributed by atoms with Crippen LogP contribution >= 0.6 is 0 Å². The summed E-state index contributed by atoms with van der Waals surface area (Å²) >= 11 is 0. The Hall–Kier alpha value is -2.04. The molecule has 0 aromatic rings. The highest BCUT2D eigenvalue weighted by Gasteiger charge is 2.36. The SMILES string of the molecule is CCOC(=O)CCCCC(=O)C1C=CC=C1C(=O)C1CCCC1=O. The maximum Gasteiger partial charge on any atom is 0.305 e. The van der Waals surface area contributed by atoms with E-state index in [-0.39, 0.29) is 23.3 Å². The van der Waals surface area contributed by atoms with E-state index < -0.39 is 11.8 Å². The summed E-state index contributed by atoms with van der Waals surface area (Å²) in [6, 6.07) is 0. The second-order valence-corrected chi connectivity index (χ2v) is 6.24. The highest BCUT2D eigenvalue weighted by molar-refractivity contribution is 6.14. The van der Waals surface area contributed by atoms with Gasteiger partial charge in [0.2, 0.25) is 0 Å². The molecular formula is C19H24O5. The number of ether oxygens (including phenoxy) is 1. The fourth-order valence-corrected chi connectivity index (χ4v) is 3.25. The maximum absolute atomic E-state index is 12.5. The molecule has 2 aliphatic rings. The van der Waals surface area contributed by atoms with Gasteiger partial charge in [0.1, 0.15) is 11.6 Å². The summed E-state index contributed by atoms with van der Waals surface area (Å²) in [5.74, 6) is -1.57. The highest BCUT2D eigenvalue weighted by Crippen LogP contribution is 2.31. The number of hydrogen-bond donors (Lipinski definition) is 0. The molecule has 0 bridgehead atoms. The lowest BCUT2D eigenvalue weighted by atomic mass is 9.86. The Kier molecular flexibility index (Phi) is 6.64. The average Bonchev–Trinajstić information content (AvgIpc) is 3.20. The van der Waals surface area contributed by atoms with E-state index in [1.807, 2.05) is 0 Å². The number of esters is 1. The van der Waals surface area contributed by atoms with Crippen LogP contribution in [0, 0.1) is 11.8 Å². The Morgan fingerprint density at radius 2 is 1.96 bits per heavy atom. The molecule has 130 valence electrons. The third-order valence-electron chi connectivity index (χ3n) is 4.53. The van der Waals surface area contributed by atoms with Crippen LogP contribution in [0.25, 0.3) is 0 Å². The molecule has 0 heterocycles. The number of ketones is 3. The van der Waals surface area contributed by atoms with Gasteiger partial charge in [-0.3, -0.25) is 19.2 Å². The Morgan fingerprint density at radius 1 is 1.21 bits per heavy atom. The van der Waals surface area contributed by atoms with Crippen molar-refractivity contribution >= 4 is 23.3 Å². The lowest BCUT2D eigenvalue weighted by molar-refractivity contribution is -0.143. The molecule has 0 N–H and O–H groups in total. The highest BCUT2D eigenvalue weighted by atomic mass is 16.5. The number of Topliss-reactive ketones (excluding diaryl/α,β-unsaturated/α-hetero) is 3. The van der Waals surface area contributed by atoms with Gasteiger partial charge in [-0.25, -0.2) is 0 Å². The molecule has 0 aromatic carbocycles. The number of carbonyl (C=O) groups is 4. The van der Waals surface area contributed by atoms with Gasteiger partial charge in [-0.2, -0.15) is 0 Å². The van der Waals surface area contributed by atoms with Crippen molar-refractivity contribution < 1.29 is 23.9 Å². The molecule has 5 nitrogen and oxygen atoms in total. The first kappa shape index (κ1) is 18.3. The zero-order valence-electron chi connectivity index (χ0n) is 14.1.